The van der Waals surface area contributed by atoms with Crippen LogP contribution in [0.25, 0.3) is 0 Å². The van der Waals surface area contributed by atoms with Crippen molar-refractivity contribution in [3.05, 3.63) is 32.8 Å². The van der Waals surface area contributed by atoms with Crippen molar-refractivity contribution in [1.29, 1.82) is 0 Å². The minimum Gasteiger partial charge on any atom is -0.382 e. The van der Waals surface area contributed by atoms with Crippen LogP contribution in [0.15, 0.2) is 12.1 Å². The van der Waals surface area contributed by atoms with Crippen molar-refractivity contribution in [3.8, 4) is 0 Å². The van der Waals surface area contributed by atoms with Crippen LogP contribution >= 0.6 is 11.6 Å². The number of nitrogens with zero attached hydrogens (tertiary/aromatic N) is 2. The third-order valence-electron chi connectivity index (χ3n) is 3.35. The zero-order valence-electron chi connectivity index (χ0n) is 11.5. The molecule has 0 radical (unpaired) electrons. The summed E-state index contributed by atoms with van der Waals surface area (Å²) < 4.78 is 24.7. The molecule has 1 aliphatic heterocycles. The van der Waals surface area contributed by atoms with Crippen molar-refractivity contribution in [2.75, 3.05) is 30.7 Å². The molecule has 0 aromatic heterocycles. The number of sulfonamides is 1. The summed E-state index contributed by atoms with van der Waals surface area (Å²) in [7, 11) is -3.11. The summed E-state index contributed by atoms with van der Waals surface area (Å²) in [5, 5.41) is 14.0. The molecule has 1 aromatic carbocycles. The Hall–Kier alpha value is -1.38. The van der Waals surface area contributed by atoms with E-state index in [4.69, 9.17) is 11.6 Å². The molecule has 0 spiro atoms. The molecule has 116 valence electrons. The molecule has 1 aromatic rings. The number of benzene rings is 1. The summed E-state index contributed by atoms with van der Waals surface area (Å²) in [6.45, 7) is 3.01. The second-order valence-electron chi connectivity index (χ2n) is 4.87. The van der Waals surface area contributed by atoms with Crippen LogP contribution in [0.2, 0.25) is 5.02 Å². The van der Waals surface area contributed by atoms with E-state index in [1.807, 2.05) is 0 Å². The zero-order chi connectivity index (χ0) is 15.6. The number of halogens is 1. The maximum absolute atomic E-state index is 11.7. The molecule has 2 rings (SSSR count). The van der Waals surface area contributed by atoms with E-state index in [-0.39, 0.29) is 16.5 Å². The number of anilines is 1. The van der Waals surface area contributed by atoms with E-state index < -0.39 is 14.9 Å². The highest BCUT2D eigenvalue weighted by molar-refractivity contribution is 7.89. The highest BCUT2D eigenvalue weighted by Gasteiger charge is 2.27. The number of non-ortho nitro benzene ring substituents is 1. The molecule has 1 fully saturated rings. The van der Waals surface area contributed by atoms with Gasteiger partial charge in [-0.1, -0.05) is 11.6 Å². The average Bonchev–Trinajstić information content (AvgIpc) is 2.71. The molecule has 0 amide bonds. The quantitative estimate of drug-likeness (QED) is 0.657. The number of nitro groups is 1. The van der Waals surface area contributed by atoms with Crippen molar-refractivity contribution in [3.63, 3.8) is 0 Å². The number of nitrogens with one attached hydrogen (secondary N) is 1. The fourth-order valence-corrected chi connectivity index (χ4v) is 4.16. The average molecular weight is 334 g/mol. The van der Waals surface area contributed by atoms with Gasteiger partial charge >= 0.3 is 0 Å². The van der Waals surface area contributed by atoms with Crippen molar-refractivity contribution < 1.29 is 13.3 Å². The van der Waals surface area contributed by atoms with Crippen LogP contribution < -0.4 is 5.32 Å². The number of nitro benzene ring substituents is 1. The van der Waals surface area contributed by atoms with Gasteiger partial charge in [-0.15, -0.1) is 0 Å². The lowest BCUT2D eigenvalue weighted by molar-refractivity contribution is -0.384. The molecule has 0 unspecified atom stereocenters. The predicted molar refractivity (Wildman–Crippen MR) is 81.3 cm³/mol. The molecule has 0 saturated carbocycles. The van der Waals surface area contributed by atoms with Gasteiger partial charge in [-0.05, 0) is 18.9 Å². The fourth-order valence-electron chi connectivity index (χ4n) is 2.30. The highest BCUT2D eigenvalue weighted by Crippen LogP contribution is 2.30. The minimum atomic E-state index is -3.11. The van der Waals surface area contributed by atoms with Crippen LogP contribution in [-0.4, -0.2) is 43.0 Å². The third-order valence-corrected chi connectivity index (χ3v) is 5.60. The van der Waals surface area contributed by atoms with Gasteiger partial charge in [0.05, 0.1) is 21.4 Å². The highest BCUT2D eigenvalue weighted by atomic mass is 35.5. The first-order chi connectivity index (χ1) is 9.81. The van der Waals surface area contributed by atoms with Gasteiger partial charge in [0, 0.05) is 31.8 Å². The number of hydrogen-bond donors (Lipinski definition) is 1. The molecule has 0 aliphatic carbocycles. The molecule has 0 bridgehead atoms. The Morgan fingerprint density at radius 2 is 2.19 bits per heavy atom. The lowest BCUT2D eigenvalue weighted by Crippen LogP contribution is -2.30. The first kappa shape index (κ1) is 16.0. The summed E-state index contributed by atoms with van der Waals surface area (Å²) in [5.74, 6) is 0.199. The van der Waals surface area contributed by atoms with E-state index in [0.717, 1.165) is 0 Å². The number of rotatable bonds is 5. The molecule has 1 N–H and O–H groups in total. The molecule has 1 aliphatic rings. The van der Waals surface area contributed by atoms with Crippen LogP contribution in [0.4, 0.5) is 11.4 Å². The predicted octanol–water partition coefficient (Wildman–Crippen LogP) is 2.00. The zero-order valence-corrected chi connectivity index (χ0v) is 13.1. The van der Waals surface area contributed by atoms with Gasteiger partial charge in [0.2, 0.25) is 10.0 Å². The Morgan fingerprint density at radius 1 is 1.48 bits per heavy atom. The van der Waals surface area contributed by atoms with E-state index in [1.165, 1.54) is 16.4 Å². The van der Waals surface area contributed by atoms with Crippen molar-refractivity contribution in [1.82, 2.24) is 4.31 Å². The van der Waals surface area contributed by atoms with E-state index in [1.54, 1.807) is 6.92 Å². The van der Waals surface area contributed by atoms with Crippen molar-refractivity contribution in [2.45, 2.75) is 13.3 Å². The first-order valence-corrected chi connectivity index (χ1v) is 8.46. The molecule has 21 heavy (non-hydrogen) atoms. The lowest BCUT2D eigenvalue weighted by atomic mass is 10.1. The van der Waals surface area contributed by atoms with E-state index in [0.29, 0.717) is 37.3 Å². The van der Waals surface area contributed by atoms with E-state index >= 15 is 0 Å². The molecule has 1 saturated heterocycles. The monoisotopic (exact) mass is 333 g/mol. The Kier molecular flexibility index (Phi) is 4.70. The normalized spacial score (nSPS) is 17.8. The smallest absolute Gasteiger partial charge is 0.271 e. The Balaban J connectivity index is 2.02. The molecular formula is C12H16ClN3O4S. The largest absolute Gasteiger partial charge is 0.382 e. The first-order valence-electron chi connectivity index (χ1n) is 6.47. The Labute approximate surface area is 128 Å². The maximum Gasteiger partial charge on any atom is 0.271 e. The Morgan fingerprint density at radius 3 is 2.71 bits per heavy atom. The SMILES string of the molecule is Cc1cc([N+](=O)[O-])cc(Cl)c1NCCN1CCCS1(=O)=O. The summed E-state index contributed by atoms with van der Waals surface area (Å²) in [6, 6.07) is 2.71. The van der Waals surface area contributed by atoms with Gasteiger partial charge < -0.3 is 5.32 Å². The molecular weight excluding hydrogens is 318 g/mol. The summed E-state index contributed by atoms with van der Waals surface area (Å²) in [6.07, 6.45) is 0.652. The second-order valence-corrected chi connectivity index (χ2v) is 7.37. The molecule has 0 atom stereocenters. The van der Waals surface area contributed by atoms with Gasteiger partial charge in [0.15, 0.2) is 0 Å². The van der Waals surface area contributed by atoms with Crippen molar-refractivity contribution >= 4 is 33.0 Å². The number of hydrogen-bond acceptors (Lipinski definition) is 5. The maximum atomic E-state index is 11.7. The summed E-state index contributed by atoms with van der Waals surface area (Å²) in [5.41, 5.74) is 1.18. The topological polar surface area (TPSA) is 92.6 Å². The number of aryl methyl sites for hydroxylation is 1. The minimum absolute atomic E-state index is 0.0647. The third kappa shape index (κ3) is 3.63. The summed E-state index contributed by atoms with van der Waals surface area (Å²) >= 11 is 6.03. The van der Waals surface area contributed by atoms with Crippen LogP contribution in [0.1, 0.15) is 12.0 Å². The van der Waals surface area contributed by atoms with Gasteiger partial charge in [-0.2, -0.15) is 0 Å². The van der Waals surface area contributed by atoms with Gasteiger partial charge in [-0.3, -0.25) is 10.1 Å². The van der Waals surface area contributed by atoms with Gasteiger partial charge in [0.1, 0.15) is 0 Å². The second kappa shape index (κ2) is 6.17. The van der Waals surface area contributed by atoms with Crippen LogP contribution in [0, 0.1) is 17.0 Å². The van der Waals surface area contributed by atoms with Crippen LogP contribution in [0.3, 0.4) is 0 Å². The molecule has 9 heteroatoms. The van der Waals surface area contributed by atoms with Gasteiger partial charge in [-0.25, -0.2) is 12.7 Å². The van der Waals surface area contributed by atoms with E-state index in [2.05, 4.69) is 5.32 Å². The standard InChI is InChI=1S/C12H16ClN3O4S/c1-9-7-10(16(17)18)8-11(13)12(9)14-3-5-15-4-2-6-21(15,19)20/h7-8,14H,2-6H2,1H3. The van der Waals surface area contributed by atoms with Crippen molar-refractivity contribution in [2.24, 2.45) is 0 Å². The fraction of sp³-hybridized carbons (Fsp3) is 0.500. The molecule has 7 nitrogen and oxygen atoms in total. The van der Waals surface area contributed by atoms with Gasteiger partial charge in [0.25, 0.3) is 5.69 Å². The summed E-state index contributed by atoms with van der Waals surface area (Å²) in [4.78, 5) is 10.2. The Bertz CT molecular complexity index is 639. The lowest BCUT2D eigenvalue weighted by Gasteiger charge is -2.16. The van der Waals surface area contributed by atoms with Crippen LogP contribution in [0.5, 0.6) is 0 Å². The van der Waals surface area contributed by atoms with E-state index in [9.17, 15) is 18.5 Å². The molecule has 1 heterocycles. The van der Waals surface area contributed by atoms with Crippen LogP contribution in [-0.2, 0) is 10.0 Å².